The van der Waals surface area contributed by atoms with Crippen molar-refractivity contribution in [3.63, 3.8) is 0 Å². The molecular weight excluding hydrogens is 504 g/mol. The molecule has 0 aromatic rings. The highest BCUT2D eigenvalue weighted by atomic mass is 16.6. The first-order chi connectivity index (χ1) is 18.2. The van der Waals surface area contributed by atoms with E-state index in [0.29, 0.717) is 65.4 Å². The van der Waals surface area contributed by atoms with Gasteiger partial charge in [-0.2, -0.15) is 0 Å². The van der Waals surface area contributed by atoms with Gasteiger partial charge >= 0.3 is 0 Å². The number of aliphatic hydroxyl groups is 6. The van der Waals surface area contributed by atoms with Gasteiger partial charge in [0.2, 0.25) is 0 Å². The predicted octanol–water partition coefficient (Wildman–Crippen LogP) is -2.49. The monoisotopic (exact) mass is 558 g/mol. The van der Waals surface area contributed by atoms with Crippen LogP contribution in [0.1, 0.15) is 27.7 Å². The molecule has 14 heteroatoms. The van der Waals surface area contributed by atoms with Crippen LogP contribution in [0, 0.1) is 0 Å². The summed E-state index contributed by atoms with van der Waals surface area (Å²) in [5.74, 6) is 0. The third-order valence-electron chi connectivity index (χ3n) is 6.09. The minimum atomic E-state index is -0.380. The molecule has 0 saturated carbocycles. The Morgan fingerprint density at radius 2 is 0.632 bits per heavy atom. The molecule has 0 aromatic carbocycles. The van der Waals surface area contributed by atoms with Crippen molar-refractivity contribution in [2.45, 2.75) is 52.1 Å². The molecule has 14 nitrogen and oxygen atoms in total. The molecule has 0 amide bonds. The number of ether oxygens (including phenoxy) is 4. The Hall–Kier alpha value is -0.560. The van der Waals surface area contributed by atoms with E-state index in [9.17, 15) is 10.2 Å². The van der Waals surface area contributed by atoms with E-state index in [-0.39, 0.29) is 65.0 Å². The molecule has 0 bridgehead atoms. The van der Waals surface area contributed by atoms with E-state index in [1.54, 1.807) is 0 Å². The van der Waals surface area contributed by atoms with Gasteiger partial charge in [0.1, 0.15) is 27.2 Å². The van der Waals surface area contributed by atoms with Crippen LogP contribution in [0.4, 0.5) is 0 Å². The number of rotatable bonds is 27. The SMILES string of the molecule is CC(CN(CO)CCN(CCN(CO)CC(C)OCO)CCN(CC(C)OCO)CC(C)OCO)OCO. The van der Waals surface area contributed by atoms with Gasteiger partial charge in [-0.3, -0.25) is 19.6 Å². The van der Waals surface area contributed by atoms with E-state index in [1.807, 2.05) is 37.5 Å². The Bertz CT molecular complexity index is 489. The molecular formula is C24H54N4O10. The van der Waals surface area contributed by atoms with E-state index in [0.717, 1.165) is 0 Å². The second kappa shape index (κ2) is 24.3. The molecule has 0 spiro atoms. The highest BCUT2D eigenvalue weighted by molar-refractivity contribution is 4.72. The lowest BCUT2D eigenvalue weighted by Gasteiger charge is -2.33. The van der Waals surface area contributed by atoms with Crippen molar-refractivity contribution in [1.82, 2.24) is 19.6 Å². The zero-order valence-electron chi connectivity index (χ0n) is 23.7. The standard InChI is InChI=1S/C24H54N4O10/c1-21(35-17-31)11-26(12-22(2)36-18-32)8-5-25(6-9-27(15-29)13-23(3)37-19-33)7-10-28(16-30)14-24(4)38-20-34/h21-24,29-34H,5-20H2,1-4H3. The molecule has 4 atom stereocenters. The largest absolute Gasteiger partial charge is 0.381 e. The van der Waals surface area contributed by atoms with Crippen molar-refractivity contribution >= 4 is 0 Å². The topological polar surface area (TPSA) is 171 Å². The zero-order valence-corrected chi connectivity index (χ0v) is 23.7. The number of hydrogen-bond acceptors (Lipinski definition) is 14. The summed E-state index contributed by atoms with van der Waals surface area (Å²) in [6.07, 6.45) is -0.888. The Kier molecular flexibility index (Phi) is 23.9. The smallest absolute Gasteiger partial charge is 0.143 e. The van der Waals surface area contributed by atoms with E-state index in [1.165, 1.54) is 0 Å². The number of nitrogens with zero attached hydrogens (tertiary/aromatic N) is 4. The minimum Gasteiger partial charge on any atom is -0.381 e. The van der Waals surface area contributed by atoms with Crippen LogP contribution >= 0.6 is 0 Å². The summed E-state index contributed by atoms with van der Waals surface area (Å²) < 4.78 is 21.0. The van der Waals surface area contributed by atoms with E-state index < -0.39 is 0 Å². The van der Waals surface area contributed by atoms with Crippen molar-refractivity contribution in [2.24, 2.45) is 0 Å². The average molecular weight is 559 g/mol. The van der Waals surface area contributed by atoms with Crippen molar-refractivity contribution in [3.8, 4) is 0 Å². The van der Waals surface area contributed by atoms with E-state index in [2.05, 4.69) is 9.80 Å². The van der Waals surface area contributed by atoms with Gasteiger partial charge in [-0.05, 0) is 27.7 Å². The van der Waals surface area contributed by atoms with Crippen molar-refractivity contribution in [2.75, 3.05) is 106 Å². The number of hydrogen-bond donors (Lipinski definition) is 6. The maximum absolute atomic E-state index is 9.82. The van der Waals surface area contributed by atoms with Crippen LogP contribution in [0.15, 0.2) is 0 Å². The van der Waals surface area contributed by atoms with E-state index in [4.69, 9.17) is 39.4 Å². The molecule has 6 N–H and O–H groups in total. The fourth-order valence-corrected chi connectivity index (χ4v) is 4.05. The Morgan fingerprint density at radius 1 is 0.395 bits per heavy atom. The molecule has 0 aliphatic rings. The summed E-state index contributed by atoms with van der Waals surface area (Å²) in [5.41, 5.74) is 0. The predicted molar refractivity (Wildman–Crippen MR) is 141 cm³/mol. The van der Waals surface area contributed by atoms with Crippen LogP contribution < -0.4 is 0 Å². The van der Waals surface area contributed by atoms with Crippen LogP contribution in [0.2, 0.25) is 0 Å². The lowest BCUT2D eigenvalue weighted by molar-refractivity contribution is -0.0730. The van der Waals surface area contributed by atoms with Gasteiger partial charge in [-0.1, -0.05) is 0 Å². The van der Waals surface area contributed by atoms with Crippen LogP contribution in [-0.4, -0.2) is 181 Å². The highest BCUT2D eigenvalue weighted by Gasteiger charge is 2.18. The first-order valence-electron chi connectivity index (χ1n) is 13.2. The van der Waals surface area contributed by atoms with Gasteiger partial charge in [0.05, 0.1) is 37.9 Å². The van der Waals surface area contributed by atoms with Gasteiger partial charge in [0.25, 0.3) is 0 Å². The molecule has 4 unspecified atom stereocenters. The average Bonchev–Trinajstić information content (AvgIpc) is 2.86. The molecule has 0 aromatic heterocycles. The second-order valence-corrected chi connectivity index (χ2v) is 9.46. The van der Waals surface area contributed by atoms with Gasteiger partial charge < -0.3 is 49.6 Å². The maximum atomic E-state index is 9.82. The van der Waals surface area contributed by atoms with Gasteiger partial charge in [0, 0.05) is 65.4 Å². The first kappa shape index (κ1) is 37.4. The van der Waals surface area contributed by atoms with Crippen molar-refractivity contribution < 1.29 is 49.6 Å². The Balaban J connectivity index is 5.30. The molecule has 38 heavy (non-hydrogen) atoms. The molecule has 0 saturated heterocycles. The summed E-state index contributed by atoms with van der Waals surface area (Å²) in [6.45, 7) is 11.4. The first-order valence-corrected chi connectivity index (χ1v) is 13.2. The third kappa shape index (κ3) is 19.5. The normalized spacial score (nSPS) is 15.6. The lowest BCUT2D eigenvalue weighted by atomic mass is 10.3. The molecule has 0 aliphatic carbocycles. The van der Waals surface area contributed by atoms with Crippen LogP contribution in [0.3, 0.4) is 0 Å². The molecule has 0 rings (SSSR count). The molecule has 230 valence electrons. The summed E-state index contributed by atoms with van der Waals surface area (Å²) in [7, 11) is 0. The Labute approximate surface area is 227 Å². The minimum absolute atomic E-state index is 0.149. The second-order valence-electron chi connectivity index (χ2n) is 9.46. The van der Waals surface area contributed by atoms with Gasteiger partial charge in [-0.25, -0.2) is 0 Å². The molecule has 0 fully saturated rings. The quantitative estimate of drug-likeness (QED) is 0.0585. The maximum Gasteiger partial charge on any atom is 0.143 e. The van der Waals surface area contributed by atoms with Crippen LogP contribution in [-0.2, 0) is 18.9 Å². The van der Waals surface area contributed by atoms with Crippen molar-refractivity contribution in [3.05, 3.63) is 0 Å². The number of aliphatic hydroxyl groups excluding tert-OH is 6. The fourth-order valence-electron chi connectivity index (χ4n) is 4.05. The lowest BCUT2D eigenvalue weighted by Crippen LogP contribution is -2.47. The third-order valence-corrected chi connectivity index (χ3v) is 6.09. The highest BCUT2D eigenvalue weighted by Crippen LogP contribution is 2.05. The summed E-state index contributed by atoms with van der Waals surface area (Å²) in [6, 6.07) is 0. The fraction of sp³-hybridized carbons (Fsp3) is 1.00. The summed E-state index contributed by atoms with van der Waals surface area (Å²) >= 11 is 0. The van der Waals surface area contributed by atoms with Gasteiger partial charge in [-0.15, -0.1) is 0 Å². The zero-order chi connectivity index (χ0) is 28.8. The molecule has 0 aliphatic heterocycles. The van der Waals surface area contributed by atoms with Crippen LogP contribution in [0.25, 0.3) is 0 Å². The molecule has 0 heterocycles. The summed E-state index contributed by atoms with van der Waals surface area (Å²) in [5, 5.41) is 55.8. The summed E-state index contributed by atoms with van der Waals surface area (Å²) in [4.78, 5) is 8.04. The Morgan fingerprint density at radius 3 is 0.895 bits per heavy atom. The van der Waals surface area contributed by atoms with Gasteiger partial charge in [0.15, 0.2) is 0 Å². The van der Waals surface area contributed by atoms with Crippen LogP contribution in [0.5, 0.6) is 0 Å². The molecule has 0 radical (unpaired) electrons. The van der Waals surface area contributed by atoms with E-state index >= 15 is 0 Å². The van der Waals surface area contributed by atoms with Crippen molar-refractivity contribution in [1.29, 1.82) is 0 Å².